The quantitative estimate of drug-likeness (QED) is 0.789. The molecular formula is C21H29N5O2. The number of rotatable bonds is 4. The van der Waals surface area contributed by atoms with Crippen molar-refractivity contribution in [2.45, 2.75) is 52.3 Å². The van der Waals surface area contributed by atoms with Crippen LogP contribution >= 0.6 is 0 Å². The minimum absolute atomic E-state index is 0.00799. The largest absolute Gasteiger partial charge is 0.444 e. The molecule has 1 unspecified atom stereocenters. The number of carbonyl (C=O) groups is 1. The van der Waals surface area contributed by atoms with Gasteiger partial charge in [-0.05, 0) is 52.0 Å². The maximum absolute atomic E-state index is 11.9. The van der Waals surface area contributed by atoms with E-state index in [-0.39, 0.29) is 12.1 Å². The van der Waals surface area contributed by atoms with Gasteiger partial charge in [0.15, 0.2) is 5.82 Å². The van der Waals surface area contributed by atoms with Gasteiger partial charge in [-0.3, -0.25) is 4.90 Å². The SMILES string of the molecule is CC(CN1CCc2nc(-c3ccc(N)cc3)ncc2C1)NC(=O)OC(C)(C)C. The molecule has 7 heteroatoms. The molecule has 0 bridgehead atoms. The summed E-state index contributed by atoms with van der Waals surface area (Å²) in [7, 11) is 0. The molecule has 0 spiro atoms. The highest BCUT2D eigenvalue weighted by Crippen LogP contribution is 2.22. The Morgan fingerprint density at radius 3 is 2.71 bits per heavy atom. The van der Waals surface area contributed by atoms with Crippen molar-refractivity contribution in [3.05, 3.63) is 41.7 Å². The van der Waals surface area contributed by atoms with E-state index >= 15 is 0 Å². The smallest absolute Gasteiger partial charge is 0.407 e. The molecule has 1 atom stereocenters. The number of hydrogen-bond acceptors (Lipinski definition) is 6. The van der Waals surface area contributed by atoms with E-state index in [9.17, 15) is 4.79 Å². The van der Waals surface area contributed by atoms with Gasteiger partial charge in [0.2, 0.25) is 0 Å². The number of alkyl carbamates (subject to hydrolysis) is 1. The Labute approximate surface area is 166 Å². The maximum Gasteiger partial charge on any atom is 0.407 e. The lowest BCUT2D eigenvalue weighted by molar-refractivity contribution is 0.0495. The van der Waals surface area contributed by atoms with Gasteiger partial charge in [-0.1, -0.05) is 0 Å². The summed E-state index contributed by atoms with van der Waals surface area (Å²) in [6.07, 6.45) is 2.39. The van der Waals surface area contributed by atoms with Crippen LogP contribution in [0.15, 0.2) is 30.5 Å². The van der Waals surface area contributed by atoms with Gasteiger partial charge in [0.1, 0.15) is 5.60 Å². The summed E-state index contributed by atoms with van der Waals surface area (Å²) in [5, 5.41) is 2.90. The van der Waals surface area contributed by atoms with Crippen molar-refractivity contribution in [1.29, 1.82) is 0 Å². The summed E-state index contributed by atoms with van der Waals surface area (Å²) in [6.45, 7) is 9.98. The third-order valence-electron chi connectivity index (χ3n) is 4.48. The number of nitrogen functional groups attached to an aromatic ring is 1. The fourth-order valence-electron chi connectivity index (χ4n) is 3.24. The van der Waals surface area contributed by atoms with Crippen LogP contribution in [0.5, 0.6) is 0 Å². The average molecular weight is 383 g/mol. The van der Waals surface area contributed by atoms with Gasteiger partial charge in [0, 0.05) is 55.1 Å². The second kappa shape index (κ2) is 8.14. The Morgan fingerprint density at radius 2 is 2.04 bits per heavy atom. The van der Waals surface area contributed by atoms with Crippen LogP contribution < -0.4 is 11.1 Å². The van der Waals surface area contributed by atoms with Crippen molar-refractivity contribution < 1.29 is 9.53 Å². The second-order valence-corrected chi connectivity index (χ2v) is 8.32. The molecular weight excluding hydrogens is 354 g/mol. The van der Waals surface area contributed by atoms with Gasteiger partial charge in [0.05, 0.1) is 5.69 Å². The number of amides is 1. The molecule has 1 aliphatic rings. The van der Waals surface area contributed by atoms with Gasteiger partial charge < -0.3 is 15.8 Å². The Bertz CT molecular complexity index is 830. The number of benzene rings is 1. The van der Waals surface area contributed by atoms with Crippen molar-refractivity contribution in [3.8, 4) is 11.4 Å². The number of nitrogens with two attached hydrogens (primary N) is 1. The average Bonchev–Trinajstić information content (AvgIpc) is 2.60. The van der Waals surface area contributed by atoms with E-state index < -0.39 is 5.60 Å². The highest BCUT2D eigenvalue weighted by Gasteiger charge is 2.22. The molecule has 2 heterocycles. The number of hydrogen-bond donors (Lipinski definition) is 2. The third kappa shape index (κ3) is 5.42. The summed E-state index contributed by atoms with van der Waals surface area (Å²) in [4.78, 5) is 23.5. The zero-order chi connectivity index (χ0) is 20.3. The van der Waals surface area contributed by atoms with Crippen molar-refractivity contribution in [2.24, 2.45) is 0 Å². The van der Waals surface area contributed by atoms with E-state index in [1.165, 1.54) is 0 Å². The molecule has 3 rings (SSSR count). The van der Waals surface area contributed by atoms with Gasteiger partial charge in [-0.15, -0.1) is 0 Å². The van der Waals surface area contributed by atoms with Crippen LogP contribution in [0.25, 0.3) is 11.4 Å². The van der Waals surface area contributed by atoms with Crippen molar-refractivity contribution in [1.82, 2.24) is 20.2 Å². The van der Waals surface area contributed by atoms with Crippen LogP contribution in [0.2, 0.25) is 0 Å². The molecule has 28 heavy (non-hydrogen) atoms. The van der Waals surface area contributed by atoms with E-state index in [0.29, 0.717) is 0 Å². The Hall–Kier alpha value is -2.67. The topological polar surface area (TPSA) is 93.4 Å². The van der Waals surface area contributed by atoms with E-state index in [4.69, 9.17) is 15.5 Å². The summed E-state index contributed by atoms with van der Waals surface area (Å²) < 4.78 is 5.32. The van der Waals surface area contributed by atoms with E-state index in [2.05, 4.69) is 15.2 Å². The number of fused-ring (bicyclic) bond motifs is 1. The van der Waals surface area contributed by atoms with Crippen LogP contribution in [-0.4, -0.2) is 45.7 Å². The maximum atomic E-state index is 11.9. The van der Waals surface area contributed by atoms with Gasteiger partial charge >= 0.3 is 6.09 Å². The molecule has 1 aromatic carbocycles. The first-order chi connectivity index (χ1) is 13.2. The van der Waals surface area contributed by atoms with Gasteiger partial charge in [-0.25, -0.2) is 14.8 Å². The predicted molar refractivity (Wildman–Crippen MR) is 110 cm³/mol. The first-order valence-electron chi connectivity index (χ1n) is 9.62. The molecule has 0 saturated heterocycles. The van der Waals surface area contributed by atoms with Crippen LogP contribution in [0.4, 0.5) is 10.5 Å². The molecule has 1 amide bonds. The molecule has 0 aliphatic carbocycles. The molecule has 7 nitrogen and oxygen atoms in total. The summed E-state index contributed by atoms with van der Waals surface area (Å²) in [5.41, 5.74) is 9.18. The third-order valence-corrected chi connectivity index (χ3v) is 4.48. The molecule has 0 fully saturated rings. The summed E-state index contributed by atoms with van der Waals surface area (Å²) in [5.74, 6) is 0.729. The number of aromatic nitrogens is 2. The lowest BCUT2D eigenvalue weighted by atomic mass is 10.1. The molecule has 0 radical (unpaired) electrons. The zero-order valence-electron chi connectivity index (χ0n) is 17.0. The summed E-state index contributed by atoms with van der Waals surface area (Å²) in [6, 6.07) is 7.59. The molecule has 2 aromatic rings. The molecule has 1 aliphatic heterocycles. The van der Waals surface area contributed by atoms with E-state index in [1.54, 1.807) is 0 Å². The van der Waals surface area contributed by atoms with Crippen LogP contribution in [0, 0.1) is 0 Å². The Balaban J connectivity index is 1.59. The number of carbonyl (C=O) groups excluding carboxylic acids is 1. The molecule has 150 valence electrons. The van der Waals surface area contributed by atoms with Crippen LogP contribution in [0.1, 0.15) is 39.0 Å². The fourth-order valence-corrected chi connectivity index (χ4v) is 3.24. The first-order valence-corrected chi connectivity index (χ1v) is 9.62. The standard InChI is InChI=1S/C21H29N5O2/c1-14(24-20(27)28-21(2,3)4)12-26-10-9-18-16(13-26)11-23-19(25-18)15-5-7-17(22)8-6-15/h5-8,11,14H,9-10,12-13,22H2,1-4H3,(H,24,27). The number of nitrogens with one attached hydrogen (secondary N) is 1. The molecule has 3 N–H and O–H groups in total. The number of nitrogens with zero attached hydrogens (tertiary/aromatic N) is 3. The van der Waals surface area contributed by atoms with E-state index in [0.717, 1.165) is 54.4 Å². The second-order valence-electron chi connectivity index (χ2n) is 8.32. The van der Waals surface area contributed by atoms with Crippen molar-refractivity contribution >= 4 is 11.8 Å². The number of ether oxygens (including phenoxy) is 1. The van der Waals surface area contributed by atoms with Crippen molar-refractivity contribution in [2.75, 3.05) is 18.8 Å². The zero-order valence-corrected chi connectivity index (χ0v) is 17.0. The normalized spacial score (nSPS) is 15.6. The Morgan fingerprint density at radius 1 is 1.32 bits per heavy atom. The highest BCUT2D eigenvalue weighted by atomic mass is 16.6. The van der Waals surface area contributed by atoms with E-state index in [1.807, 2.05) is 58.2 Å². The Kier molecular flexibility index (Phi) is 5.84. The number of anilines is 1. The lowest BCUT2D eigenvalue weighted by Crippen LogP contribution is -2.45. The summed E-state index contributed by atoms with van der Waals surface area (Å²) >= 11 is 0. The highest BCUT2D eigenvalue weighted by molar-refractivity contribution is 5.68. The monoisotopic (exact) mass is 383 g/mol. The van der Waals surface area contributed by atoms with Gasteiger partial charge in [0.25, 0.3) is 0 Å². The minimum atomic E-state index is -0.493. The molecule has 1 aromatic heterocycles. The van der Waals surface area contributed by atoms with Crippen LogP contribution in [0.3, 0.4) is 0 Å². The minimum Gasteiger partial charge on any atom is -0.444 e. The van der Waals surface area contributed by atoms with Crippen LogP contribution in [-0.2, 0) is 17.7 Å². The fraction of sp³-hybridized carbons (Fsp3) is 0.476. The lowest BCUT2D eigenvalue weighted by Gasteiger charge is -2.30. The van der Waals surface area contributed by atoms with Crippen molar-refractivity contribution in [3.63, 3.8) is 0 Å². The first kappa shape index (κ1) is 20.1. The molecule has 0 saturated carbocycles. The predicted octanol–water partition coefficient (Wildman–Crippen LogP) is 3.00. The van der Waals surface area contributed by atoms with Gasteiger partial charge in [-0.2, -0.15) is 0 Å².